The van der Waals surface area contributed by atoms with Crippen LogP contribution in [-0.2, 0) is 36.9 Å². The Morgan fingerprint density at radius 3 is 2.26 bits per heavy atom. The summed E-state index contributed by atoms with van der Waals surface area (Å²) in [5.41, 5.74) is -0.492. The molecule has 3 aromatic rings. The van der Waals surface area contributed by atoms with Crippen molar-refractivity contribution in [3.63, 3.8) is 0 Å². The zero-order chi connectivity index (χ0) is 27.4. The fourth-order valence-electron chi connectivity index (χ4n) is 5.91. The highest BCUT2D eigenvalue weighted by Gasteiger charge is 2.76. The number of benzene rings is 2. The van der Waals surface area contributed by atoms with Gasteiger partial charge in [-0.15, -0.1) is 0 Å². The smallest absolute Gasteiger partial charge is 0.330 e. The van der Waals surface area contributed by atoms with Crippen LogP contribution in [0.1, 0.15) is 36.8 Å². The van der Waals surface area contributed by atoms with Crippen molar-refractivity contribution < 1.29 is 28.8 Å². The molecule has 1 aliphatic carbocycles. The Morgan fingerprint density at radius 1 is 0.949 bits per heavy atom. The van der Waals surface area contributed by atoms with E-state index in [-0.39, 0.29) is 13.2 Å². The lowest BCUT2D eigenvalue weighted by Gasteiger charge is -2.37. The van der Waals surface area contributed by atoms with Crippen molar-refractivity contribution in [3.8, 4) is 0 Å². The van der Waals surface area contributed by atoms with E-state index in [2.05, 4.69) is 4.98 Å². The third kappa shape index (κ3) is 4.47. The van der Waals surface area contributed by atoms with Gasteiger partial charge in [0.15, 0.2) is 17.6 Å². The van der Waals surface area contributed by atoms with Crippen LogP contribution >= 0.6 is 0 Å². The van der Waals surface area contributed by atoms with Crippen LogP contribution in [0.2, 0.25) is 0 Å². The van der Waals surface area contributed by atoms with Crippen molar-refractivity contribution in [2.45, 2.75) is 82.1 Å². The highest BCUT2D eigenvalue weighted by atomic mass is 16.8. The molecule has 10 nitrogen and oxygen atoms in total. The van der Waals surface area contributed by atoms with E-state index < -0.39 is 59.4 Å². The van der Waals surface area contributed by atoms with E-state index in [0.717, 1.165) is 11.1 Å². The Labute approximate surface area is 225 Å². The number of aromatic amines is 1. The summed E-state index contributed by atoms with van der Waals surface area (Å²) in [6.45, 7) is 5.61. The summed E-state index contributed by atoms with van der Waals surface area (Å²) in [6.07, 6.45) is -4.04. The minimum atomic E-state index is -1.44. The Balaban J connectivity index is 1.42. The van der Waals surface area contributed by atoms with Gasteiger partial charge in [-0.25, -0.2) is 4.79 Å². The molecule has 3 heterocycles. The lowest BCUT2D eigenvalue weighted by Crippen LogP contribution is -2.57. The average Bonchev–Trinajstić information content (AvgIpc) is 3.47. The van der Waals surface area contributed by atoms with Gasteiger partial charge in [0.1, 0.15) is 30.5 Å². The molecule has 1 aromatic heterocycles. The second kappa shape index (κ2) is 9.81. The van der Waals surface area contributed by atoms with Crippen LogP contribution in [0.3, 0.4) is 0 Å². The Kier molecular flexibility index (Phi) is 6.57. The Bertz CT molecular complexity index is 1440. The number of hydrogen-bond acceptors (Lipinski definition) is 8. The highest BCUT2D eigenvalue weighted by molar-refractivity contribution is 5.24. The molecule has 39 heavy (non-hydrogen) atoms. The fraction of sp³-hybridized carbons (Fsp3) is 0.448. The summed E-state index contributed by atoms with van der Waals surface area (Å²) >= 11 is 0. The van der Waals surface area contributed by atoms with E-state index in [0.29, 0.717) is 5.56 Å². The number of H-pyrrole nitrogens is 1. The molecule has 10 heteroatoms. The fourth-order valence-corrected chi connectivity index (χ4v) is 5.91. The van der Waals surface area contributed by atoms with E-state index in [1.54, 1.807) is 20.8 Å². The molecular formula is C29H32N2O8. The molecule has 3 aliphatic rings. The Morgan fingerprint density at radius 2 is 1.59 bits per heavy atom. The number of nitrogens with one attached hydrogen (secondary N) is 1. The first kappa shape index (κ1) is 26.1. The zero-order valence-electron chi connectivity index (χ0n) is 22.0. The predicted octanol–water partition coefficient (Wildman–Crippen LogP) is 2.18. The quantitative estimate of drug-likeness (QED) is 0.472. The lowest BCUT2D eigenvalue weighted by molar-refractivity contribution is -0.232. The highest BCUT2D eigenvalue weighted by Crippen LogP contribution is 2.56. The maximum absolute atomic E-state index is 12.8. The topological polar surface area (TPSA) is 121 Å². The van der Waals surface area contributed by atoms with Crippen LogP contribution in [0.5, 0.6) is 0 Å². The second-order valence-electron chi connectivity index (χ2n) is 10.8. The summed E-state index contributed by atoms with van der Waals surface area (Å²) in [5.74, 6) is -0.971. The maximum atomic E-state index is 12.8. The van der Waals surface area contributed by atoms with Gasteiger partial charge in [-0.3, -0.25) is 14.3 Å². The van der Waals surface area contributed by atoms with Crippen molar-refractivity contribution in [3.05, 3.63) is 104 Å². The van der Waals surface area contributed by atoms with Crippen molar-refractivity contribution >= 4 is 0 Å². The molecule has 3 fully saturated rings. The Hall–Kier alpha value is -3.12. The second-order valence-corrected chi connectivity index (χ2v) is 10.8. The normalized spacial score (nSPS) is 32.7. The molecular weight excluding hydrogens is 504 g/mol. The number of nitrogens with zero attached hydrogens (tertiary/aromatic N) is 1. The zero-order valence-corrected chi connectivity index (χ0v) is 22.0. The van der Waals surface area contributed by atoms with Gasteiger partial charge in [-0.2, -0.15) is 0 Å². The van der Waals surface area contributed by atoms with Gasteiger partial charge in [0, 0.05) is 11.8 Å². The molecule has 0 unspecified atom stereocenters. The van der Waals surface area contributed by atoms with Gasteiger partial charge in [-0.1, -0.05) is 60.7 Å². The molecule has 1 saturated carbocycles. The van der Waals surface area contributed by atoms with E-state index in [9.17, 15) is 14.7 Å². The third-order valence-electron chi connectivity index (χ3n) is 7.70. The maximum Gasteiger partial charge on any atom is 0.330 e. The van der Waals surface area contributed by atoms with Crippen molar-refractivity contribution in [1.82, 2.24) is 9.55 Å². The first-order valence-electron chi connectivity index (χ1n) is 13.0. The predicted molar refractivity (Wildman–Crippen MR) is 139 cm³/mol. The molecule has 2 N–H and O–H groups in total. The van der Waals surface area contributed by atoms with E-state index in [1.165, 1.54) is 10.8 Å². The van der Waals surface area contributed by atoms with Gasteiger partial charge >= 0.3 is 5.69 Å². The molecule has 2 aliphatic heterocycles. The molecule has 7 atom stereocenters. The van der Waals surface area contributed by atoms with Gasteiger partial charge in [-0.05, 0) is 31.9 Å². The molecule has 206 valence electrons. The third-order valence-corrected chi connectivity index (χ3v) is 7.70. The van der Waals surface area contributed by atoms with E-state index >= 15 is 0 Å². The minimum absolute atomic E-state index is 0.155. The molecule has 0 amide bonds. The average molecular weight is 537 g/mol. The van der Waals surface area contributed by atoms with E-state index in [1.807, 2.05) is 60.7 Å². The van der Waals surface area contributed by atoms with Crippen molar-refractivity contribution in [2.75, 3.05) is 0 Å². The summed E-state index contributed by atoms with van der Waals surface area (Å²) < 4.78 is 33.3. The number of aromatic nitrogens is 2. The van der Waals surface area contributed by atoms with Gasteiger partial charge in [0.2, 0.25) is 0 Å². The number of hydrogen-bond donors (Lipinski definition) is 2. The SMILES string of the molecule is Cc1cn([C@@H]2O[C@@H]3[C@H](OCc4ccccc4)[C@@H]4OC(C)(C)O[C@@H]4[C@]3(OCc3ccccc3)[C@H]2O)c(=O)[nH]c1=O. The monoisotopic (exact) mass is 536 g/mol. The van der Waals surface area contributed by atoms with Gasteiger partial charge < -0.3 is 28.8 Å². The summed E-state index contributed by atoms with van der Waals surface area (Å²) in [4.78, 5) is 27.2. The van der Waals surface area contributed by atoms with Crippen molar-refractivity contribution in [2.24, 2.45) is 0 Å². The van der Waals surface area contributed by atoms with Crippen LogP contribution in [-0.4, -0.2) is 56.6 Å². The summed E-state index contributed by atoms with van der Waals surface area (Å²) in [5, 5.41) is 12.0. The first-order chi connectivity index (χ1) is 18.7. The number of ether oxygens (including phenoxy) is 5. The van der Waals surface area contributed by atoms with Gasteiger partial charge in [0.25, 0.3) is 5.56 Å². The molecule has 0 radical (unpaired) electrons. The summed E-state index contributed by atoms with van der Waals surface area (Å²) in [6, 6.07) is 19.3. The number of aryl methyl sites for hydroxylation is 1. The largest absolute Gasteiger partial charge is 0.385 e. The molecule has 0 bridgehead atoms. The van der Waals surface area contributed by atoms with Crippen LogP contribution in [0.15, 0.2) is 76.4 Å². The van der Waals surface area contributed by atoms with Crippen LogP contribution < -0.4 is 11.2 Å². The lowest BCUT2D eigenvalue weighted by atomic mass is 9.90. The van der Waals surface area contributed by atoms with Crippen LogP contribution in [0.4, 0.5) is 0 Å². The van der Waals surface area contributed by atoms with E-state index in [4.69, 9.17) is 23.7 Å². The number of aliphatic hydroxyl groups excluding tert-OH is 1. The number of aliphatic hydroxyl groups is 1. The molecule has 0 spiro atoms. The number of rotatable bonds is 7. The van der Waals surface area contributed by atoms with Crippen LogP contribution in [0, 0.1) is 6.92 Å². The standard InChI is InChI=1S/C29H32N2O8/c1-17-14-31(27(34)30-25(17)33)26-22(32)29(36-16-19-12-8-5-9-13-19)23(37-26)20(21-24(29)39-28(2,3)38-21)35-15-18-10-6-4-7-11-18/h4-14,20-24,26,32H,15-16H2,1-3H3,(H,30,33,34)/t20-,21+,22+,23-,24+,26-,29+/m1/s1. The van der Waals surface area contributed by atoms with Crippen LogP contribution in [0.25, 0.3) is 0 Å². The molecule has 2 aromatic carbocycles. The van der Waals surface area contributed by atoms with Crippen molar-refractivity contribution in [1.29, 1.82) is 0 Å². The number of fused-ring (bicyclic) bond motifs is 3. The molecule has 2 saturated heterocycles. The summed E-state index contributed by atoms with van der Waals surface area (Å²) in [7, 11) is 0. The van der Waals surface area contributed by atoms with Gasteiger partial charge in [0.05, 0.1) is 13.2 Å². The minimum Gasteiger partial charge on any atom is -0.385 e. The molecule has 6 rings (SSSR count). The first-order valence-corrected chi connectivity index (χ1v) is 13.0.